The minimum absolute atomic E-state index is 0.197. The molecule has 5 nitrogen and oxygen atoms in total. The summed E-state index contributed by atoms with van der Waals surface area (Å²) in [5.74, 6) is -0.740. The van der Waals surface area contributed by atoms with Crippen LogP contribution in [0.25, 0.3) is 0 Å². The summed E-state index contributed by atoms with van der Waals surface area (Å²) in [6, 6.07) is 6.87. The third-order valence-electron chi connectivity index (χ3n) is 3.63. The largest absolute Gasteiger partial charge is 0.480 e. The van der Waals surface area contributed by atoms with Crippen molar-refractivity contribution in [3.05, 3.63) is 29.8 Å². The molecular formula is C15H20N2O3S. The van der Waals surface area contributed by atoms with Crippen LogP contribution in [0.3, 0.4) is 0 Å². The maximum absolute atomic E-state index is 12.4. The number of nitrogens with one attached hydrogen (secondary N) is 2. The molecule has 21 heavy (non-hydrogen) atoms. The number of thioether (sulfide) groups is 1. The van der Waals surface area contributed by atoms with Crippen molar-refractivity contribution in [3.63, 3.8) is 0 Å². The summed E-state index contributed by atoms with van der Waals surface area (Å²) in [4.78, 5) is 23.7. The second-order valence-electron chi connectivity index (χ2n) is 5.04. The molecule has 0 bridgehead atoms. The van der Waals surface area contributed by atoms with Crippen molar-refractivity contribution in [2.45, 2.75) is 24.8 Å². The zero-order chi connectivity index (χ0) is 15.2. The number of hydrogen-bond acceptors (Lipinski definition) is 4. The number of hydrogen-bond donors (Lipinski definition) is 3. The second-order valence-corrected chi connectivity index (χ2v) is 6.02. The van der Waals surface area contributed by atoms with Gasteiger partial charge in [-0.1, -0.05) is 18.2 Å². The molecule has 6 heteroatoms. The highest BCUT2D eigenvalue weighted by Gasteiger charge is 2.29. The van der Waals surface area contributed by atoms with E-state index in [-0.39, 0.29) is 11.8 Å². The number of anilines is 1. The minimum Gasteiger partial charge on any atom is -0.480 e. The number of rotatable bonds is 6. The molecule has 1 aliphatic heterocycles. The van der Waals surface area contributed by atoms with Gasteiger partial charge in [-0.3, -0.25) is 4.79 Å². The summed E-state index contributed by atoms with van der Waals surface area (Å²) >= 11 is 1.57. The second kappa shape index (κ2) is 7.36. The van der Waals surface area contributed by atoms with E-state index in [0.29, 0.717) is 18.6 Å². The van der Waals surface area contributed by atoms with Gasteiger partial charge in [-0.15, -0.1) is 0 Å². The van der Waals surface area contributed by atoms with Gasteiger partial charge < -0.3 is 15.7 Å². The van der Waals surface area contributed by atoms with E-state index in [2.05, 4.69) is 10.6 Å². The highest BCUT2D eigenvalue weighted by atomic mass is 32.2. The van der Waals surface area contributed by atoms with Crippen LogP contribution in [0.15, 0.2) is 24.3 Å². The molecule has 0 fully saturated rings. The number of carbonyl (C=O) groups is 2. The van der Waals surface area contributed by atoms with Crippen molar-refractivity contribution in [2.75, 3.05) is 23.9 Å². The van der Waals surface area contributed by atoms with E-state index in [4.69, 9.17) is 0 Å². The van der Waals surface area contributed by atoms with Gasteiger partial charge >= 0.3 is 5.97 Å². The Hall–Kier alpha value is -1.69. The lowest BCUT2D eigenvalue weighted by atomic mass is 9.90. The van der Waals surface area contributed by atoms with Crippen molar-refractivity contribution >= 4 is 29.3 Å². The number of benzene rings is 1. The van der Waals surface area contributed by atoms with E-state index in [1.165, 1.54) is 0 Å². The van der Waals surface area contributed by atoms with Crippen molar-refractivity contribution in [3.8, 4) is 0 Å². The van der Waals surface area contributed by atoms with Gasteiger partial charge in [0, 0.05) is 12.2 Å². The van der Waals surface area contributed by atoms with E-state index in [1.807, 2.05) is 30.5 Å². The topological polar surface area (TPSA) is 78.4 Å². The third kappa shape index (κ3) is 3.91. The van der Waals surface area contributed by atoms with Crippen molar-refractivity contribution in [1.29, 1.82) is 0 Å². The van der Waals surface area contributed by atoms with E-state index >= 15 is 0 Å². The fraction of sp³-hybridized carbons (Fsp3) is 0.467. The number of fused-ring (bicyclic) bond motifs is 1. The summed E-state index contributed by atoms with van der Waals surface area (Å²) in [7, 11) is 0. The van der Waals surface area contributed by atoms with Gasteiger partial charge in [0.25, 0.3) is 0 Å². The van der Waals surface area contributed by atoms with Crippen LogP contribution in [-0.2, 0) is 9.59 Å². The Morgan fingerprint density at radius 1 is 1.48 bits per heavy atom. The summed E-state index contributed by atoms with van der Waals surface area (Å²) in [6.07, 6.45) is 3.04. The maximum atomic E-state index is 12.4. The van der Waals surface area contributed by atoms with Gasteiger partial charge in [-0.25, -0.2) is 4.79 Å². The average Bonchev–Trinajstić information content (AvgIpc) is 2.50. The summed E-state index contributed by atoms with van der Waals surface area (Å²) in [5.41, 5.74) is 1.90. The fourth-order valence-corrected chi connectivity index (χ4v) is 2.98. The quantitative estimate of drug-likeness (QED) is 0.748. The van der Waals surface area contributed by atoms with E-state index in [0.717, 1.165) is 17.8 Å². The molecule has 0 aromatic heterocycles. The van der Waals surface area contributed by atoms with Crippen LogP contribution in [0.1, 0.15) is 24.3 Å². The molecule has 3 N–H and O–H groups in total. The molecule has 114 valence electrons. The number of aliphatic carboxylic acids is 1. The molecule has 1 unspecified atom stereocenters. The van der Waals surface area contributed by atoms with Crippen LogP contribution in [0, 0.1) is 0 Å². The molecule has 0 saturated heterocycles. The molecule has 1 aromatic rings. The molecule has 2 atom stereocenters. The average molecular weight is 308 g/mol. The lowest BCUT2D eigenvalue weighted by Gasteiger charge is -2.27. The molecule has 0 saturated carbocycles. The van der Waals surface area contributed by atoms with E-state index in [9.17, 15) is 14.7 Å². The predicted molar refractivity (Wildman–Crippen MR) is 84.9 cm³/mol. The Bertz CT molecular complexity index is 521. The van der Waals surface area contributed by atoms with E-state index < -0.39 is 12.0 Å². The first-order valence-electron chi connectivity index (χ1n) is 6.98. The van der Waals surface area contributed by atoms with Gasteiger partial charge in [0.2, 0.25) is 5.91 Å². The number of para-hydroxylation sites is 1. The lowest BCUT2D eigenvalue weighted by Crippen LogP contribution is -2.44. The smallest absolute Gasteiger partial charge is 0.326 e. The van der Waals surface area contributed by atoms with Gasteiger partial charge in [-0.05, 0) is 36.5 Å². The Morgan fingerprint density at radius 2 is 2.24 bits per heavy atom. The summed E-state index contributed by atoms with van der Waals surface area (Å²) in [5, 5.41) is 15.1. The Morgan fingerprint density at radius 3 is 2.95 bits per heavy atom. The molecule has 0 radical (unpaired) electrons. The number of amides is 1. The molecule has 0 spiro atoms. The molecule has 2 rings (SSSR count). The Kier molecular flexibility index (Phi) is 5.50. The van der Waals surface area contributed by atoms with Crippen molar-refractivity contribution < 1.29 is 14.7 Å². The Balaban J connectivity index is 2.08. The molecule has 1 heterocycles. The standard InChI is InChI=1S/C15H20N2O3S/c1-21-9-7-13(15(19)20)17-14(18)11-6-8-16-12-5-3-2-4-10(11)12/h2-5,11,13,16H,6-9H2,1H3,(H,17,18)(H,19,20)/t11?,13-/m0/s1. The first-order valence-corrected chi connectivity index (χ1v) is 8.37. The third-order valence-corrected chi connectivity index (χ3v) is 4.27. The zero-order valence-corrected chi connectivity index (χ0v) is 12.8. The van der Waals surface area contributed by atoms with Gasteiger partial charge in [-0.2, -0.15) is 11.8 Å². The van der Waals surface area contributed by atoms with Crippen molar-refractivity contribution in [1.82, 2.24) is 5.32 Å². The fourth-order valence-electron chi connectivity index (χ4n) is 2.51. The molecular weight excluding hydrogens is 288 g/mol. The first-order chi connectivity index (χ1) is 10.1. The van der Waals surface area contributed by atoms with Gasteiger partial charge in [0.1, 0.15) is 6.04 Å². The predicted octanol–water partition coefficient (Wildman–Crippen LogP) is 1.91. The highest BCUT2D eigenvalue weighted by molar-refractivity contribution is 7.98. The zero-order valence-electron chi connectivity index (χ0n) is 12.0. The SMILES string of the molecule is CSCC[C@H](NC(=O)C1CCNc2ccccc21)C(=O)O. The minimum atomic E-state index is -0.973. The molecule has 1 amide bonds. The highest BCUT2D eigenvalue weighted by Crippen LogP contribution is 2.31. The van der Waals surface area contributed by atoms with Crippen LogP contribution < -0.4 is 10.6 Å². The number of carboxylic acids is 1. The van der Waals surface area contributed by atoms with Crippen LogP contribution in [0.5, 0.6) is 0 Å². The monoisotopic (exact) mass is 308 g/mol. The summed E-state index contributed by atoms with van der Waals surface area (Å²) < 4.78 is 0. The van der Waals surface area contributed by atoms with E-state index in [1.54, 1.807) is 11.8 Å². The summed E-state index contributed by atoms with van der Waals surface area (Å²) in [6.45, 7) is 0.720. The van der Waals surface area contributed by atoms with Gasteiger partial charge in [0.05, 0.1) is 5.92 Å². The van der Waals surface area contributed by atoms with Crippen LogP contribution in [0.2, 0.25) is 0 Å². The first kappa shape index (κ1) is 15.7. The normalized spacial score (nSPS) is 18.2. The molecule has 1 aromatic carbocycles. The number of carboxylic acid groups (broad SMARTS) is 1. The van der Waals surface area contributed by atoms with Crippen LogP contribution >= 0.6 is 11.8 Å². The maximum Gasteiger partial charge on any atom is 0.326 e. The molecule has 0 aliphatic carbocycles. The molecule has 1 aliphatic rings. The Labute approximate surface area is 128 Å². The van der Waals surface area contributed by atoms with Gasteiger partial charge in [0.15, 0.2) is 0 Å². The number of carbonyl (C=O) groups excluding carboxylic acids is 1. The van der Waals surface area contributed by atoms with Crippen LogP contribution in [0.4, 0.5) is 5.69 Å². The lowest BCUT2D eigenvalue weighted by molar-refractivity contribution is -0.142. The van der Waals surface area contributed by atoms with Crippen molar-refractivity contribution in [2.24, 2.45) is 0 Å². The van der Waals surface area contributed by atoms with Crippen LogP contribution in [-0.4, -0.2) is 41.6 Å².